The quantitative estimate of drug-likeness (QED) is 0.695. The molecule has 1 aromatic carbocycles. The fourth-order valence-electron chi connectivity index (χ4n) is 3.29. The number of urea groups is 1. The van der Waals surface area contributed by atoms with E-state index in [1.165, 1.54) is 0 Å². The maximum Gasteiger partial charge on any atom is 0.317 e. The molecule has 0 unspecified atom stereocenters. The molecule has 28 heavy (non-hydrogen) atoms. The van der Waals surface area contributed by atoms with Crippen LogP contribution in [0.15, 0.2) is 18.2 Å². The molecular weight excluding hydrogens is 356 g/mol. The van der Waals surface area contributed by atoms with Gasteiger partial charge in [-0.1, -0.05) is 6.07 Å². The number of aryl methyl sites for hydroxylation is 2. The van der Waals surface area contributed by atoms with Gasteiger partial charge >= 0.3 is 17.8 Å². The molecule has 0 saturated carbocycles. The van der Waals surface area contributed by atoms with Crippen molar-refractivity contribution >= 4 is 23.5 Å². The van der Waals surface area contributed by atoms with Crippen molar-refractivity contribution in [2.24, 2.45) is 5.92 Å². The van der Waals surface area contributed by atoms with Gasteiger partial charge in [-0.15, -0.1) is 0 Å². The van der Waals surface area contributed by atoms with Crippen molar-refractivity contribution in [3.8, 4) is 0 Å². The molecule has 0 atom stereocenters. The van der Waals surface area contributed by atoms with Crippen molar-refractivity contribution < 1.29 is 14.4 Å². The van der Waals surface area contributed by atoms with Gasteiger partial charge in [0.15, 0.2) is 0 Å². The zero-order valence-electron chi connectivity index (χ0n) is 17.5. The highest BCUT2D eigenvalue weighted by Gasteiger charge is 2.26. The average molecular weight is 389 g/mol. The van der Waals surface area contributed by atoms with Gasteiger partial charge in [-0.2, -0.15) is 0 Å². The van der Waals surface area contributed by atoms with Gasteiger partial charge in [0.25, 0.3) is 0 Å². The minimum absolute atomic E-state index is 0.0530. The van der Waals surface area contributed by atoms with Crippen LogP contribution in [0.2, 0.25) is 0 Å². The number of likely N-dealkylation sites (tertiary alicyclic amines) is 1. The molecule has 0 radical (unpaired) electrons. The Morgan fingerprint density at radius 2 is 1.57 bits per heavy atom. The Balaban J connectivity index is 1.74. The molecule has 1 aliphatic heterocycles. The second-order valence-corrected chi connectivity index (χ2v) is 8.65. The Bertz CT molecular complexity index is 711. The van der Waals surface area contributed by atoms with Gasteiger partial charge in [0.1, 0.15) is 0 Å². The second-order valence-electron chi connectivity index (χ2n) is 8.65. The summed E-state index contributed by atoms with van der Waals surface area (Å²) in [6, 6.07) is 5.61. The molecule has 1 heterocycles. The van der Waals surface area contributed by atoms with Gasteiger partial charge in [0.2, 0.25) is 0 Å². The molecule has 1 aliphatic rings. The number of rotatable bonds is 3. The number of hydrogen-bond acceptors (Lipinski definition) is 3. The summed E-state index contributed by atoms with van der Waals surface area (Å²) in [5, 5.41) is 8.32. The molecule has 2 rings (SSSR count). The molecule has 4 amide bonds. The number of nitrogens with zero attached hydrogens (tertiary/aromatic N) is 1. The standard InChI is InChI=1S/C21H32N4O3/c1-14-10-15(2)12-17(11-14)23-19(27)18(26)22-13-16-6-8-25(9-7-16)20(28)24-21(3,4)5/h10-12,16H,6-9,13H2,1-5H3,(H,22,26)(H,23,27)(H,24,28). The van der Waals surface area contributed by atoms with E-state index in [1.54, 1.807) is 4.90 Å². The molecule has 154 valence electrons. The van der Waals surface area contributed by atoms with Crippen molar-refractivity contribution in [2.75, 3.05) is 25.0 Å². The molecule has 1 saturated heterocycles. The molecule has 3 N–H and O–H groups in total. The minimum atomic E-state index is -0.660. The summed E-state index contributed by atoms with van der Waals surface area (Å²) in [7, 11) is 0. The third-order valence-corrected chi connectivity index (χ3v) is 4.62. The minimum Gasteiger partial charge on any atom is -0.348 e. The van der Waals surface area contributed by atoms with Crippen LogP contribution in [0.3, 0.4) is 0 Å². The summed E-state index contributed by atoms with van der Waals surface area (Å²) >= 11 is 0. The van der Waals surface area contributed by atoms with E-state index in [0.29, 0.717) is 25.3 Å². The van der Waals surface area contributed by atoms with Gasteiger partial charge in [-0.25, -0.2) is 4.79 Å². The van der Waals surface area contributed by atoms with Crippen molar-refractivity contribution in [3.05, 3.63) is 29.3 Å². The molecule has 7 heteroatoms. The molecule has 0 aliphatic carbocycles. The lowest BCUT2D eigenvalue weighted by molar-refractivity contribution is -0.136. The van der Waals surface area contributed by atoms with Crippen LogP contribution in [0, 0.1) is 19.8 Å². The zero-order valence-corrected chi connectivity index (χ0v) is 17.5. The predicted molar refractivity (Wildman–Crippen MR) is 110 cm³/mol. The maximum absolute atomic E-state index is 12.2. The lowest BCUT2D eigenvalue weighted by Crippen LogP contribution is -2.51. The van der Waals surface area contributed by atoms with Gasteiger partial charge in [0.05, 0.1) is 0 Å². The van der Waals surface area contributed by atoms with Gasteiger partial charge in [0, 0.05) is 30.9 Å². The Hall–Kier alpha value is -2.57. The molecule has 1 aromatic rings. The number of hydrogen-bond donors (Lipinski definition) is 3. The smallest absolute Gasteiger partial charge is 0.317 e. The Kier molecular flexibility index (Phi) is 7.05. The first-order valence-corrected chi connectivity index (χ1v) is 9.78. The van der Waals surface area contributed by atoms with Crippen LogP contribution in [0.25, 0.3) is 0 Å². The number of amides is 4. The number of benzene rings is 1. The number of piperidine rings is 1. The predicted octanol–water partition coefficient (Wildman–Crippen LogP) is 2.58. The summed E-state index contributed by atoms with van der Waals surface area (Å²) in [5.41, 5.74) is 2.41. The molecular formula is C21H32N4O3. The van der Waals surface area contributed by atoms with E-state index < -0.39 is 11.8 Å². The highest BCUT2D eigenvalue weighted by Crippen LogP contribution is 2.17. The molecule has 7 nitrogen and oxygen atoms in total. The molecule has 0 aromatic heterocycles. The third kappa shape index (κ3) is 6.87. The van der Waals surface area contributed by atoms with Crippen molar-refractivity contribution in [3.63, 3.8) is 0 Å². The lowest BCUT2D eigenvalue weighted by atomic mass is 9.97. The zero-order chi connectivity index (χ0) is 20.9. The van der Waals surface area contributed by atoms with Gasteiger partial charge in [-0.3, -0.25) is 9.59 Å². The van der Waals surface area contributed by atoms with E-state index in [1.807, 2.05) is 52.8 Å². The monoisotopic (exact) mass is 388 g/mol. The average Bonchev–Trinajstić information content (AvgIpc) is 2.57. The van der Waals surface area contributed by atoms with E-state index in [4.69, 9.17) is 0 Å². The van der Waals surface area contributed by atoms with E-state index >= 15 is 0 Å². The van der Waals surface area contributed by atoms with E-state index in [2.05, 4.69) is 16.0 Å². The van der Waals surface area contributed by atoms with Crippen LogP contribution in [-0.2, 0) is 9.59 Å². The number of carbonyl (C=O) groups excluding carboxylic acids is 3. The van der Waals surface area contributed by atoms with Gasteiger partial charge < -0.3 is 20.9 Å². The molecule has 0 spiro atoms. The number of anilines is 1. The topological polar surface area (TPSA) is 90.5 Å². The fraction of sp³-hybridized carbons (Fsp3) is 0.571. The first-order chi connectivity index (χ1) is 13.0. The van der Waals surface area contributed by atoms with Crippen LogP contribution in [0.5, 0.6) is 0 Å². The van der Waals surface area contributed by atoms with Crippen LogP contribution in [0.4, 0.5) is 10.5 Å². The lowest BCUT2D eigenvalue weighted by Gasteiger charge is -2.34. The number of carbonyl (C=O) groups is 3. The van der Waals surface area contributed by atoms with E-state index in [-0.39, 0.29) is 17.5 Å². The largest absolute Gasteiger partial charge is 0.348 e. The fourth-order valence-corrected chi connectivity index (χ4v) is 3.29. The van der Waals surface area contributed by atoms with Crippen LogP contribution in [0.1, 0.15) is 44.7 Å². The SMILES string of the molecule is Cc1cc(C)cc(NC(=O)C(=O)NCC2CCN(C(=O)NC(C)(C)C)CC2)c1. The van der Waals surface area contributed by atoms with Crippen molar-refractivity contribution in [2.45, 2.75) is 53.0 Å². The normalized spacial score (nSPS) is 15.1. The summed E-state index contributed by atoms with van der Waals surface area (Å²) in [4.78, 5) is 38.2. The molecule has 1 fully saturated rings. The van der Waals surface area contributed by atoms with Crippen LogP contribution in [-0.4, -0.2) is 47.9 Å². The third-order valence-electron chi connectivity index (χ3n) is 4.62. The Labute approximate surface area is 167 Å². The maximum atomic E-state index is 12.2. The highest BCUT2D eigenvalue weighted by molar-refractivity contribution is 6.39. The van der Waals surface area contributed by atoms with Crippen LogP contribution >= 0.6 is 0 Å². The van der Waals surface area contributed by atoms with Gasteiger partial charge in [-0.05, 0) is 76.6 Å². The summed E-state index contributed by atoms with van der Waals surface area (Å²) in [6.07, 6.45) is 1.60. The Morgan fingerprint density at radius 3 is 2.11 bits per heavy atom. The van der Waals surface area contributed by atoms with Crippen LogP contribution < -0.4 is 16.0 Å². The first-order valence-electron chi connectivity index (χ1n) is 9.78. The summed E-state index contributed by atoms with van der Waals surface area (Å²) in [6.45, 7) is 11.5. The number of nitrogens with one attached hydrogen (secondary N) is 3. The summed E-state index contributed by atoms with van der Waals surface area (Å²) in [5.74, 6) is -1.03. The van der Waals surface area contributed by atoms with Crippen molar-refractivity contribution in [1.29, 1.82) is 0 Å². The first kappa shape index (κ1) is 21.7. The highest BCUT2D eigenvalue weighted by atomic mass is 16.2. The second kappa shape index (κ2) is 9.08. The molecule has 0 bridgehead atoms. The van der Waals surface area contributed by atoms with E-state index in [9.17, 15) is 14.4 Å². The van der Waals surface area contributed by atoms with Crippen molar-refractivity contribution in [1.82, 2.24) is 15.5 Å². The summed E-state index contributed by atoms with van der Waals surface area (Å²) < 4.78 is 0. The Morgan fingerprint density at radius 1 is 1.00 bits per heavy atom. The van der Waals surface area contributed by atoms with E-state index in [0.717, 1.165) is 24.0 Å².